The molecule has 124 valence electrons. The lowest BCUT2D eigenvalue weighted by Crippen LogP contribution is -2.30. The summed E-state index contributed by atoms with van der Waals surface area (Å²) in [6.07, 6.45) is 12.2. The molecule has 1 unspecified atom stereocenters. The topological polar surface area (TPSA) is 0 Å². The minimum Gasteiger partial charge on any atom is -0.107 e. The van der Waals surface area contributed by atoms with Crippen molar-refractivity contribution in [1.29, 1.82) is 0 Å². The molecule has 2 aliphatic rings. The van der Waals surface area contributed by atoms with Gasteiger partial charge in [-0.2, -0.15) is 0 Å². The second-order valence-electron chi connectivity index (χ2n) is 7.31. The molecule has 0 saturated heterocycles. The van der Waals surface area contributed by atoms with E-state index >= 15 is 0 Å². The van der Waals surface area contributed by atoms with Crippen LogP contribution in [-0.2, 0) is 11.8 Å². The van der Waals surface area contributed by atoms with Crippen molar-refractivity contribution in [3.05, 3.63) is 83.5 Å². The van der Waals surface area contributed by atoms with E-state index in [4.69, 9.17) is 0 Å². The van der Waals surface area contributed by atoms with Crippen LogP contribution in [-0.4, -0.2) is 0 Å². The zero-order valence-electron chi connectivity index (χ0n) is 15.0. The third kappa shape index (κ3) is 2.65. The highest BCUT2D eigenvalue weighted by molar-refractivity contribution is 5.78. The van der Waals surface area contributed by atoms with E-state index in [-0.39, 0.29) is 5.41 Å². The van der Waals surface area contributed by atoms with Crippen LogP contribution in [0.1, 0.15) is 43.4 Å². The van der Waals surface area contributed by atoms with Crippen LogP contribution in [0.4, 0.5) is 0 Å². The first-order chi connectivity index (χ1) is 12.2. The lowest BCUT2D eigenvalue weighted by Gasteiger charge is -2.36. The number of hydrogen-bond donors (Lipinski definition) is 0. The molecule has 25 heavy (non-hydrogen) atoms. The van der Waals surface area contributed by atoms with Crippen LogP contribution < -0.4 is 0 Å². The summed E-state index contributed by atoms with van der Waals surface area (Å²) in [6, 6.07) is 15.7. The van der Waals surface area contributed by atoms with Gasteiger partial charge in [0.2, 0.25) is 0 Å². The second kappa shape index (κ2) is 6.41. The summed E-state index contributed by atoms with van der Waals surface area (Å²) < 4.78 is 0. The molecule has 0 amide bonds. The number of benzene rings is 2. The van der Waals surface area contributed by atoms with Gasteiger partial charge in [-0.25, -0.2) is 0 Å². The molecule has 0 heteroatoms. The molecule has 0 fully saturated rings. The van der Waals surface area contributed by atoms with Gasteiger partial charge in [-0.1, -0.05) is 73.7 Å². The Balaban J connectivity index is 1.82. The largest absolute Gasteiger partial charge is 0.107 e. The highest BCUT2D eigenvalue weighted by Crippen LogP contribution is 2.47. The third-order valence-corrected chi connectivity index (χ3v) is 5.90. The molecule has 0 radical (unpaired) electrons. The first kappa shape index (κ1) is 16.0. The number of fused-ring (bicyclic) bond motifs is 3. The molecule has 0 bridgehead atoms. The molecule has 0 nitrogen and oxygen atoms in total. The molecule has 0 saturated carbocycles. The molecule has 4 rings (SSSR count). The van der Waals surface area contributed by atoms with Gasteiger partial charge in [0.25, 0.3) is 0 Å². The maximum Gasteiger partial charge on any atom is 0.00972 e. The van der Waals surface area contributed by atoms with Crippen LogP contribution in [0.2, 0.25) is 0 Å². The van der Waals surface area contributed by atoms with E-state index in [1.54, 1.807) is 0 Å². The fraction of sp³-hybridized carbons (Fsp3) is 0.280. The zero-order chi connectivity index (χ0) is 17.3. The normalized spacial score (nSPS) is 16.9. The van der Waals surface area contributed by atoms with Crippen molar-refractivity contribution in [2.45, 2.75) is 38.5 Å². The minimum atomic E-state index is 0.0841. The fourth-order valence-corrected chi connectivity index (χ4v) is 4.48. The molecule has 2 aromatic carbocycles. The smallest absolute Gasteiger partial charge is 0.00972 e. The number of allylic oxidation sites excluding steroid dienone is 4. The Bertz CT molecular complexity index is 905. The average molecular weight is 324 g/mol. The van der Waals surface area contributed by atoms with Crippen LogP contribution in [0, 0.1) is 17.8 Å². The van der Waals surface area contributed by atoms with Crippen LogP contribution >= 0.6 is 0 Å². The molecular formula is C25H24. The molecule has 1 atom stereocenters. The monoisotopic (exact) mass is 324 g/mol. The summed E-state index contributed by atoms with van der Waals surface area (Å²) in [5.74, 6) is 6.79. The number of hydrogen-bond acceptors (Lipinski definition) is 0. The van der Waals surface area contributed by atoms with Gasteiger partial charge in [0.05, 0.1) is 0 Å². The Morgan fingerprint density at radius 3 is 2.56 bits per heavy atom. The Labute approximate surface area is 151 Å². The predicted octanol–water partition coefficient (Wildman–Crippen LogP) is 6.06. The van der Waals surface area contributed by atoms with Crippen molar-refractivity contribution in [2.75, 3.05) is 0 Å². The Kier molecular flexibility index (Phi) is 4.10. The summed E-state index contributed by atoms with van der Waals surface area (Å²) in [6.45, 7) is 4.36. The van der Waals surface area contributed by atoms with Crippen molar-refractivity contribution in [2.24, 2.45) is 5.92 Å². The van der Waals surface area contributed by atoms with Crippen LogP contribution in [0.15, 0.2) is 66.8 Å². The van der Waals surface area contributed by atoms with Gasteiger partial charge >= 0.3 is 0 Å². The maximum atomic E-state index is 3.28. The zero-order valence-corrected chi connectivity index (χ0v) is 15.0. The third-order valence-electron chi connectivity index (χ3n) is 5.90. The van der Waals surface area contributed by atoms with Crippen LogP contribution in [0.5, 0.6) is 0 Å². The summed E-state index contributed by atoms with van der Waals surface area (Å²) in [7, 11) is 0. The summed E-state index contributed by atoms with van der Waals surface area (Å²) in [5, 5.41) is 0. The fourth-order valence-electron chi connectivity index (χ4n) is 4.48. The standard InChI is InChI=1S/C25H24/c1-3-4-9-17-25(2,20-12-6-7-13-20)24-16-10-15-22-21-14-8-5-11-19(21)18-23(22)24/h5-8,10-16,20H,9,17-18H2,1-2H3. The van der Waals surface area contributed by atoms with E-state index in [0.717, 1.165) is 19.3 Å². The lowest BCUT2D eigenvalue weighted by atomic mass is 9.67. The van der Waals surface area contributed by atoms with E-state index in [1.807, 2.05) is 6.92 Å². The highest BCUT2D eigenvalue weighted by atomic mass is 14.4. The van der Waals surface area contributed by atoms with E-state index in [2.05, 4.69) is 85.5 Å². The van der Waals surface area contributed by atoms with Crippen molar-refractivity contribution < 1.29 is 0 Å². The average Bonchev–Trinajstić information content (AvgIpc) is 3.29. The van der Waals surface area contributed by atoms with E-state index in [1.165, 1.54) is 27.8 Å². The summed E-state index contributed by atoms with van der Waals surface area (Å²) >= 11 is 0. The highest BCUT2D eigenvalue weighted by Gasteiger charge is 2.37. The predicted molar refractivity (Wildman–Crippen MR) is 106 cm³/mol. The minimum absolute atomic E-state index is 0.0841. The van der Waals surface area contributed by atoms with E-state index in [9.17, 15) is 0 Å². The van der Waals surface area contributed by atoms with Gasteiger partial charge in [0.1, 0.15) is 0 Å². The Hall–Kier alpha value is -2.52. The molecule has 0 N–H and O–H groups in total. The van der Waals surface area contributed by atoms with Gasteiger partial charge in [-0.05, 0) is 47.6 Å². The molecule has 0 heterocycles. The Morgan fingerprint density at radius 1 is 1.00 bits per heavy atom. The van der Waals surface area contributed by atoms with Gasteiger partial charge in [0.15, 0.2) is 0 Å². The van der Waals surface area contributed by atoms with Crippen LogP contribution in [0.3, 0.4) is 0 Å². The van der Waals surface area contributed by atoms with Gasteiger partial charge in [0, 0.05) is 17.8 Å². The quantitative estimate of drug-likeness (QED) is 0.512. The van der Waals surface area contributed by atoms with Crippen molar-refractivity contribution >= 4 is 0 Å². The SMILES string of the molecule is CC#CCCC(C)(c1cccc2c1Cc1ccccc1-2)C1C=CC=C1. The lowest BCUT2D eigenvalue weighted by molar-refractivity contribution is 0.376. The molecule has 2 aromatic rings. The Morgan fingerprint density at radius 2 is 1.76 bits per heavy atom. The summed E-state index contributed by atoms with van der Waals surface area (Å²) in [4.78, 5) is 0. The van der Waals surface area contributed by atoms with Crippen molar-refractivity contribution in [1.82, 2.24) is 0 Å². The molecule has 2 aliphatic carbocycles. The first-order valence-electron chi connectivity index (χ1n) is 9.19. The van der Waals surface area contributed by atoms with E-state index < -0.39 is 0 Å². The molecule has 0 aliphatic heterocycles. The van der Waals surface area contributed by atoms with E-state index in [0.29, 0.717) is 5.92 Å². The first-order valence-corrected chi connectivity index (χ1v) is 9.19. The van der Waals surface area contributed by atoms with Crippen molar-refractivity contribution in [3.8, 4) is 23.0 Å². The van der Waals surface area contributed by atoms with Crippen molar-refractivity contribution in [3.63, 3.8) is 0 Å². The molecular weight excluding hydrogens is 300 g/mol. The molecule has 0 spiro atoms. The number of rotatable bonds is 4. The van der Waals surface area contributed by atoms with Gasteiger partial charge in [-0.15, -0.1) is 11.8 Å². The second-order valence-corrected chi connectivity index (χ2v) is 7.31. The summed E-state index contributed by atoms with van der Waals surface area (Å²) in [5.41, 5.74) is 7.39. The van der Waals surface area contributed by atoms with Crippen LogP contribution in [0.25, 0.3) is 11.1 Å². The van der Waals surface area contributed by atoms with Gasteiger partial charge in [-0.3, -0.25) is 0 Å². The van der Waals surface area contributed by atoms with Gasteiger partial charge < -0.3 is 0 Å². The maximum absolute atomic E-state index is 3.28. The molecule has 0 aromatic heterocycles.